The third kappa shape index (κ3) is 2.90. The fourth-order valence-electron chi connectivity index (χ4n) is 2.11. The maximum absolute atomic E-state index is 12.3. The molecule has 0 aliphatic rings. The molecule has 1 aromatic heterocycles. The second-order valence-corrected chi connectivity index (χ2v) is 6.26. The van der Waals surface area contributed by atoms with Gasteiger partial charge in [0.15, 0.2) is 0 Å². The van der Waals surface area contributed by atoms with Crippen molar-refractivity contribution in [1.29, 1.82) is 0 Å². The highest BCUT2D eigenvalue weighted by molar-refractivity contribution is 7.89. The number of rotatable bonds is 5. The van der Waals surface area contributed by atoms with E-state index in [1.54, 1.807) is 13.8 Å². The molecule has 0 radical (unpaired) electrons. The molecule has 0 unspecified atom stereocenters. The summed E-state index contributed by atoms with van der Waals surface area (Å²) in [5, 5.41) is 6.58. The molecule has 2 aromatic rings. The Morgan fingerprint density at radius 1 is 1.25 bits per heavy atom. The predicted molar refractivity (Wildman–Crippen MR) is 76.4 cm³/mol. The van der Waals surface area contributed by atoms with E-state index in [0.717, 1.165) is 11.1 Å². The molecule has 0 bridgehead atoms. The molecular formula is C13H18N4O2S. The monoisotopic (exact) mass is 294 g/mol. The van der Waals surface area contributed by atoms with Crippen LogP contribution in [-0.2, 0) is 23.1 Å². The number of sulfonamides is 1. The molecule has 1 aromatic carbocycles. The number of H-pyrrole nitrogens is 1. The highest BCUT2D eigenvalue weighted by atomic mass is 32.2. The lowest BCUT2D eigenvalue weighted by Crippen LogP contribution is -2.25. The number of nitrogens with zero attached hydrogens (tertiary/aromatic N) is 1. The van der Waals surface area contributed by atoms with Gasteiger partial charge in [0.1, 0.15) is 4.90 Å². The quantitative estimate of drug-likeness (QED) is 0.764. The normalized spacial score (nSPS) is 11.8. The molecule has 0 aliphatic carbocycles. The van der Waals surface area contributed by atoms with Crippen LogP contribution in [0.3, 0.4) is 0 Å². The molecule has 0 saturated heterocycles. The van der Waals surface area contributed by atoms with Crippen LogP contribution >= 0.6 is 0 Å². The Morgan fingerprint density at radius 2 is 1.90 bits per heavy atom. The first kappa shape index (κ1) is 14.7. The summed E-state index contributed by atoms with van der Waals surface area (Å²) in [7, 11) is -3.59. The van der Waals surface area contributed by atoms with Crippen molar-refractivity contribution in [2.24, 2.45) is 5.73 Å². The summed E-state index contributed by atoms with van der Waals surface area (Å²) in [6.07, 6.45) is 0. The van der Waals surface area contributed by atoms with Crippen molar-refractivity contribution < 1.29 is 8.42 Å². The molecule has 108 valence electrons. The standard InChI is InChI=1S/C13H18N4O2S/c1-9-13(10(2)17-16-9)20(18,19)15-8-12-6-4-3-5-11(12)7-14/h3-6,15H,7-8,14H2,1-2H3,(H,16,17). The van der Waals surface area contributed by atoms with E-state index < -0.39 is 10.0 Å². The van der Waals surface area contributed by atoms with Gasteiger partial charge >= 0.3 is 0 Å². The largest absolute Gasteiger partial charge is 0.326 e. The van der Waals surface area contributed by atoms with Gasteiger partial charge in [-0.3, -0.25) is 5.10 Å². The minimum atomic E-state index is -3.59. The smallest absolute Gasteiger partial charge is 0.244 e. The molecule has 0 aliphatic heterocycles. The van der Waals surface area contributed by atoms with Crippen LogP contribution in [0, 0.1) is 13.8 Å². The molecule has 2 rings (SSSR count). The Kier molecular flexibility index (Phi) is 4.22. The third-order valence-electron chi connectivity index (χ3n) is 3.12. The van der Waals surface area contributed by atoms with Gasteiger partial charge in [-0.1, -0.05) is 24.3 Å². The first-order chi connectivity index (χ1) is 9.45. The summed E-state index contributed by atoms with van der Waals surface area (Å²) in [6.45, 7) is 3.93. The van der Waals surface area contributed by atoms with Crippen molar-refractivity contribution in [3.05, 3.63) is 46.8 Å². The molecule has 0 atom stereocenters. The van der Waals surface area contributed by atoms with Crippen LogP contribution in [0.4, 0.5) is 0 Å². The van der Waals surface area contributed by atoms with Crippen LogP contribution in [0.2, 0.25) is 0 Å². The Hall–Kier alpha value is -1.70. The number of nitrogens with one attached hydrogen (secondary N) is 2. The lowest BCUT2D eigenvalue weighted by molar-refractivity contribution is 0.580. The molecule has 0 saturated carbocycles. The summed E-state index contributed by atoms with van der Waals surface area (Å²) in [5.74, 6) is 0. The average molecular weight is 294 g/mol. The molecule has 7 heteroatoms. The van der Waals surface area contributed by atoms with E-state index in [0.29, 0.717) is 17.9 Å². The molecule has 0 spiro atoms. The first-order valence-electron chi connectivity index (χ1n) is 6.24. The Labute approximate surface area is 118 Å². The fourth-order valence-corrected chi connectivity index (χ4v) is 3.48. The second kappa shape index (κ2) is 5.74. The van der Waals surface area contributed by atoms with E-state index in [-0.39, 0.29) is 11.4 Å². The molecular weight excluding hydrogens is 276 g/mol. The van der Waals surface area contributed by atoms with E-state index in [2.05, 4.69) is 14.9 Å². The van der Waals surface area contributed by atoms with Crippen molar-refractivity contribution >= 4 is 10.0 Å². The van der Waals surface area contributed by atoms with Crippen molar-refractivity contribution in [3.8, 4) is 0 Å². The van der Waals surface area contributed by atoms with Crippen molar-refractivity contribution in [3.63, 3.8) is 0 Å². The molecule has 6 nitrogen and oxygen atoms in total. The maximum atomic E-state index is 12.3. The van der Waals surface area contributed by atoms with Crippen LogP contribution in [0.15, 0.2) is 29.2 Å². The number of aromatic amines is 1. The van der Waals surface area contributed by atoms with E-state index in [9.17, 15) is 8.42 Å². The fraction of sp³-hybridized carbons (Fsp3) is 0.308. The van der Waals surface area contributed by atoms with E-state index in [4.69, 9.17) is 5.73 Å². The highest BCUT2D eigenvalue weighted by Gasteiger charge is 2.21. The van der Waals surface area contributed by atoms with Gasteiger partial charge in [-0.25, -0.2) is 13.1 Å². The van der Waals surface area contributed by atoms with Crippen LogP contribution in [0.1, 0.15) is 22.5 Å². The van der Waals surface area contributed by atoms with Gasteiger partial charge in [0.2, 0.25) is 10.0 Å². The van der Waals surface area contributed by atoms with E-state index in [1.165, 1.54) is 0 Å². The third-order valence-corrected chi connectivity index (χ3v) is 4.78. The number of aromatic nitrogens is 2. The number of hydrogen-bond donors (Lipinski definition) is 3. The summed E-state index contributed by atoms with van der Waals surface area (Å²) >= 11 is 0. The van der Waals surface area contributed by atoms with Crippen LogP contribution in [-0.4, -0.2) is 18.6 Å². The maximum Gasteiger partial charge on any atom is 0.244 e. The van der Waals surface area contributed by atoms with Gasteiger partial charge in [0.05, 0.1) is 11.4 Å². The first-order valence-corrected chi connectivity index (χ1v) is 7.72. The number of aryl methyl sites for hydroxylation is 2. The molecule has 0 amide bonds. The lowest BCUT2D eigenvalue weighted by atomic mass is 10.1. The number of nitrogens with two attached hydrogens (primary N) is 1. The SMILES string of the molecule is Cc1n[nH]c(C)c1S(=O)(=O)NCc1ccccc1CN. The van der Waals surface area contributed by atoms with Gasteiger partial charge in [-0.15, -0.1) is 0 Å². The minimum absolute atomic E-state index is 0.208. The van der Waals surface area contributed by atoms with E-state index >= 15 is 0 Å². The molecule has 1 heterocycles. The molecule has 4 N–H and O–H groups in total. The van der Waals surface area contributed by atoms with E-state index in [1.807, 2.05) is 24.3 Å². The van der Waals surface area contributed by atoms with Crippen LogP contribution in [0.5, 0.6) is 0 Å². The van der Waals surface area contributed by atoms with Crippen molar-refractivity contribution in [1.82, 2.24) is 14.9 Å². The topological polar surface area (TPSA) is 101 Å². The van der Waals surface area contributed by atoms with Gasteiger partial charge in [0, 0.05) is 13.1 Å². The second-order valence-electron chi connectivity index (χ2n) is 4.56. The Bertz CT molecular complexity index is 687. The molecule has 0 fully saturated rings. The summed E-state index contributed by atoms with van der Waals surface area (Å²) < 4.78 is 27.2. The van der Waals surface area contributed by atoms with Gasteiger partial charge in [-0.2, -0.15) is 5.10 Å². The lowest BCUT2D eigenvalue weighted by Gasteiger charge is -2.10. The zero-order chi connectivity index (χ0) is 14.8. The molecule has 20 heavy (non-hydrogen) atoms. The van der Waals surface area contributed by atoms with Crippen LogP contribution < -0.4 is 10.5 Å². The van der Waals surface area contributed by atoms with Gasteiger partial charge < -0.3 is 5.73 Å². The average Bonchev–Trinajstić information content (AvgIpc) is 2.77. The van der Waals surface area contributed by atoms with Crippen molar-refractivity contribution in [2.75, 3.05) is 0 Å². The number of hydrogen-bond acceptors (Lipinski definition) is 4. The minimum Gasteiger partial charge on any atom is -0.326 e. The number of benzene rings is 1. The Balaban J connectivity index is 2.22. The van der Waals surface area contributed by atoms with Gasteiger partial charge in [0.25, 0.3) is 0 Å². The zero-order valence-electron chi connectivity index (χ0n) is 11.5. The summed E-state index contributed by atoms with van der Waals surface area (Å²) in [5.41, 5.74) is 8.43. The van der Waals surface area contributed by atoms with Crippen molar-refractivity contribution in [2.45, 2.75) is 31.8 Å². The zero-order valence-corrected chi connectivity index (χ0v) is 12.3. The highest BCUT2D eigenvalue weighted by Crippen LogP contribution is 2.17. The predicted octanol–water partition coefficient (Wildman–Crippen LogP) is 0.964. The summed E-state index contributed by atoms with van der Waals surface area (Å²) in [4.78, 5) is 0.211. The van der Waals surface area contributed by atoms with Crippen LogP contribution in [0.25, 0.3) is 0 Å². The summed E-state index contributed by atoms with van der Waals surface area (Å²) in [6, 6.07) is 7.49. The van der Waals surface area contributed by atoms with Gasteiger partial charge in [-0.05, 0) is 25.0 Å². The Morgan fingerprint density at radius 3 is 2.45 bits per heavy atom.